The van der Waals surface area contributed by atoms with Crippen molar-refractivity contribution in [2.24, 2.45) is 0 Å². The van der Waals surface area contributed by atoms with Crippen LogP contribution in [0.4, 0.5) is 0 Å². The van der Waals surface area contributed by atoms with Gasteiger partial charge in [0.05, 0.1) is 0 Å². The minimum atomic E-state index is 0.718. The van der Waals surface area contributed by atoms with Crippen LogP contribution >= 0.6 is 0 Å². The van der Waals surface area contributed by atoms with Gasteiger partial charge in [-0.3, -0.25) is 0 Å². The molecule has 0 spiro atoms. The zero-order valence-corrected chi connectivity index (χ0v) is 11.0. The van der Waals surface area contributed by atoms with Crippen molar-refractivity contribution in [3.8, 4) is 11.5 Å². The molecule has 0 aromatic heterocycles. The maximum atomic E-state index is 5.60. The van der Waals surface area contributed by atoms with Gasteiger partial charge in [0.1, 0.15) is 37.8 Å². The van der Waals surface area contributed by atoms with Crippen LogP contribution < -0.4 is 14.8 Å². The maximum Gasteiger partial charge on any atom is 0.137 e. The van der Waals surface area contributed by atoms with E-state index in [2.05, 4.69) is 5.32 Å². The van der Waals surface area contributed by atoms with E-state index in [9.17, 15) is 0 Å². The number of ether oxygens (including phenoxy) is 2. The lowest BCUT2D eigenvalue weighted by Gasteiger charge is -2.06. The van der Waals surface area contributed by atoms with E-state index in [1.807, 2.05) is 60.7 Å². The van der Waals surface area contributed by atoms with Gasteiger partial charge in [-0.25, -0.2) is 0 Å². The number of hydrogen-bond donors (Lipinski definition) is 1. The molecule has 0 saturated heterocycles. The number of benzene rings is 2. The van der Waals surface area contributed by atoms with Crippen molar-refractivity contribution in [1.82, 2.24) is 0 Å². The summed E-state index contributed by atoms with van der Waals surface area (Å²) < 4.78 is 11.2. The highest BCUT2D eigenvalue weighted by molar-refractivity contribution is 5.21. The Hall–Kier alpha value is -2.00. The van der Waals surface area contributed by atoms with E-state index >= 15 is 0 Å². The summed E-state index contributed by atoms with van der Waals surface area (Å²) in [5.74, 6) is 1.85. The van der Waals surface area contributed by atoms with Gasteiger partial charge in [-0.05, 0) is 24.3 Å². The molecule has 0 fully saturated rings. The molecule has 2 N–H and O–H groups in total. The fourth-order valence-corrected chi connectivity index (χ4v) is 1.70. The second-order valence-electron chi connectivity index (χ2n) is 4.19. The standard InChI is InChI=1S/C16H19NO2/c1-3-7-15(8-4-1)18-13-11-17-12-14-19-16-9-5-2-6-10-16/h1-10,17H,11-14H2/p+1. The summed E-state index contributed by atoms with van der Waals surface area (Å²) in [7, 11) is 0. The van der Waals surface area contributed by atoms with Crippen LogP contribution in [0.2, 0.25) is 0 Å². The molecule has 0 heterocycles. The Bertz CT molecular complexity index is 401. The average Bonchev–Trinajstić information content (AvgIpc) is 2.48. The molecule has 0 aliphatic carbocycles. The molecule has 0 radical (unpaired) electrons. The molecule has 3 nitrogen and oxygen atoms in total. The highest BCUT2D eigenvalue weighted by Gasteiger charge is 1.95. The second kappa shape index (κ2) is 8.16. The third kappa shape index (κ3) is 5.44. The van der Waals surface area contributed by atoms with Gasteiger partial charge in [0.2, 0.25) is 0 Å². The summed E-state index contributed by atoms with van der Waals surface area (Å²) in [6.07, 6.45) is 0. The Balaban J connectivity index is 1.49. The van der Waals surface area contributed by atoms with Crippen molar-refractivity contribution in [3.05, 3.63) is 60.7 Å². The second-order valence-corrected chi connectivity index (χ2v) is 4.19. The predicted octanol–water partition coefficient (Wildman–Crippen LogP) is 1.71. The van der Waals surface area contributed by atoms with E-state index in [1.165, 1.54) is 0 Å². The quantitative estimate of drug-likeness (QED) is 0.732. The lowest BCUT2D eigenvalue weighted by atomic mass is 10.3. The Kier molecular flexibility index (Phi) is 5.77. The van der Waals surface area contributed by atoms with E-state index in [0.717, 1.165) is 37.8 Å². The number of quaternary nitrogens is 1. The molecule has 0 amide bonds. The maximum absolute atomic E-state index is 5.60. The van der Waals surface area contributed by atoms with Gasteiger partial charge in [0, 0.05) is 0 Å². The summed E-state index contributed by atoms with van der Waals surface area (Å²) >= 11 is 0. The fraction of sp³-hybridized carbons (Fsp3) is 0.250. The first-order chi connectivity index (χ1) is 9.45. The number of hydrogen-bond acceptors (Lipinski definition) is 2. The van der Waals surface area contributed by atoms with Crippen molar-refractivity contribution in [3.63, 3.8) is 0 Å². The van der Waals surface area contributed by atoms with Crippen LogP contribution in [-0.2, 0) is 0 Å². The minimum Gasteiger partial charge on any atom is -0.488 e. The van der Waals surface area contributed by atoms with Crippen LogP contribution in [0.15, 0.2) is 60.7 Å². The van der Waals surface area contributed by atoms with Crippen LogP contribution in [0.3, 0.4) is 0 Å². The molecule has 2 aromatic carbocycles. The molecule has 2 aromatic rings. The molecule has 0 unspecified atom stereocenters. The van der Waals surface area contributed by atoms with Crippen LogP contribution in [0.5, 0.6) is 11.5 Å². The zero-order valence-electron chi connectivity index (χ0n) is 11.0. The molecule has 3 heteroatoms. The Morgan fingerprint density at radius 2 is 1.05 bits per heavy atom. The third-order valence-electron chi connectivity index (χ3n) is 2.67. The Morgan fingerprint density at radius 1 is 0.632 bits per heavy atom. The van der Waals surface area contributed by atoms with Crippen LogP contribution in [0, 0.1) is 0 Å². The fourth-order valence-electron chi connectivity index (χ4n) is 1.70. The first-order valence-corrected chi connectivity index (χ1v) is 6.62. The molecule has 19 heavy (non-hydrogen) atoms. The van der Waals surface area contributed by atoms with E-state index in [4.69, 9.17) is 9.47 Å². The third-order valence-corrected chi connectivity index (χ3v) is 2.67. The van der Waals surface area contributed by atoms with E-state index in [-0.39, 0.29) is 0 Å². The van der Waals surface area contributed by atoms with Crippen molar-refractivity contribution in [2.75, 3.05) is 26.3 Å². The van der Waals surface area contributed by atoms with Crippen LogP contribution in [0.1, 0.15) is 0 Å². The number of rotatable bonds is 8. The normalized spacial score (nSPS) is 10.1. The molecular formula is C16H20NO2+. The zero-order chi connectivity index (χ0) is 13.2. The number of nitrogens with two attached hydrogens (primary N) is 1. The van der Waals surface area contributed by atoms with Crippen molar-refractivity contribution in [1.29, 1.82) is 0 Å². The van der Waals surface area contributed by atoms with Crippen molar-refractivity contribution >= 4 is 0 Å². The molecule has 2 rings (SSSR count). The van der Waals surface area contributed by atoms with Gasteiger partial charge in [-0.1, -0.05) is 36.4 Å². The van der Waals surface area contributed by atoms with Gasteiger partial charge in [-0.2, -0.15) is 0 Å². The molecular weight excluding hydrogens is 238 g/mol. The van der Waals surface area contributed by atoms with Crippen molar-refractivity contribution < 1.29 is 14.8 Å². The minimum absolute atomic E-state index is 0.718. The molecule has 0 aliphatic rings. The summed E-state index contributed by atoms with van der Waals surface area (Å²) in [6, 6.07) is 19.8. The van der Waals surface area contributed by atoms with Crippen LogP contribution in [0.25, 0.3) is 0 Å². The van der Waals surface area contributed by atoms with Gasteiger partial charge >= 0.3 is 0 Å². The predicted molar refractivity (Wildman–Crippen MR) is 75.5 cm³/mol. The monoisotopic (exact) mass is 258 g/mol. The summed E-state index contributed by atoms with van der Waals surface area (Å²) in [4.78, 5) is 0. The van der Waals surface area contributed by atoms with E-state index in [1.54, 1.807) is 0 Å². The van der Waals surface area contributed by atoms with Crippen molar-refractivity contribution in [2.45, 2.75) is 0 Å². The largest absolute Gasteiger partial charge is 0.488 e. The molecule has 0 atom stereocenters. The smallest absolute Gasteiger partial charge is 0.137 e. The first-order valence-electron chi connectivity index (χ1n) is 6.62. The molecule has 0 saturated carbocycles. The van der Waals surface area contributed by atoms with Gasteiger partial charge in [-0.15, -0.1) is 0 Å². The lowest BCUT2D eigenvalue weighted by Crippen LogP contribution is -2.86. The van der Waals surface area contributed by atoms with E-state index in [0.29, 0.717) is 0 Å². The topological polar surface area (TPSA) is 35.1 Å². The highest BCUT2D eigenvalue weighted by Crippen LogP contribution is 2.07. The Morgan fingerprint density at radius 3 is 1.47 bits per heavy atom. The Labute approximate surface area is 114 Å². The summed E-state index contributed by atoms with van der Waals surface area (Å²) in [5.41, 5.74) is 0. The SMILES string of the molecule is c1ccc(OCC[NH2+]CCOc2ccccc2)cc1. The van der Waals surface area contributed by atoms with Gasteiger partial charge < -0.3 is 14.8 Å². The molecule has 0 aliphatic heterocycles. The van der Waals surface area contributed by atoms with E-state index < -0.39 is 0 Å². The summed E-state index contributed by atoms with van der Waals surface area (Å²) in [6.45, 7) is 3.31. The highest BCUT2D eigenvalue weighted by atomic mass is 16.5. The van der Waals surface area contributed by atoms with Gasteiger partial charge in [0.15, 0.2) is 0 Å². The molecule has 100 valence electrons. The first kappa shape index (κ1) is 13.4. The van der Waals surface area contributed by atoms with Gasteiger partial charge in [0.25, 0.3) is 0 Å². The van der Waals surface area contributed by atoms with Crippen LogP contribution in [-0.4, -0.2) is 26.3 Å². The average molecular weight is 258 g/mol. The molecule has 0 bridgehead atoms. The summed E-state index contributed by atoms with van der Waals surface area (Å²) in [5, 5.41) is 2.20. The lowest BCUT2D eigenvalue weighted by molar-refractivity contribution is -0.655. The number of para-hydroxylation sites is 2.